The first-order chi connectivity index (χ1) is 5.72. The third-order valence-electron chi connectivity index (χ3n) is 1.75. The zero-order valence-electron chi connectivity index (χ0n) is 7.71. The number of ketones is 1. The number of hydrogen-bond donors (Lipinski definition) is 1. The largest absolute Gasteiger partial charge is 0.412 e. The highest BCUT2D eigenvalue weighted by Gasteiger charge is 1.99. The van der Waals surface area contributed by atoms with Gasteiger partial charge in [-0.25, -0.2) is 0 Å². The highest BCUT2D eigenvalue weighted by molar-refractivity contribution is 5.82. The molecule has 0 aromatic heterocycles. The number of nitrogens with two attached hydrogens (primary N) is 1. The van der Waals surface area contributed by atoms with E-state index in [9.17, 15) is 4.79 Å². The van der Waals surface area contributed by atoms with Gasteiger partial charge in [0, 0.05) is 6.42 Å². The molecular weight excluding hydrogens is 166 g/mol. The molecule has 0 atom stereocenters. The first kappa shape index (κ1) is 11.8. The lowest BCUT2D eigenvalue weighted by molar-refractivity contribution is -0.117. The molecule has 1 aromatic rings. The van der Waals surface area contributed by atoms with Crippen LogP contribution in [-0.2, 0) is 11.2 Å². The summed E-state index contributed by atoms with van der Waals surface area (Å²) in [6, 6.07) is 7.92. The maximum Gasteiger partial charge on any atom is 0.150 e. The quantitative estimate of drug-likeness (QED) is 0.725. The summed E-state index contributed by atoms with van der Waals surface area (Å²) in [5.41, 5.74) is 7.45. The van der Waals surface area contributed by atoms with Crippen LogP contribution in [0.4, 0.5) is 0 Å². The van der Waals surface area contributed by atoms with Crippen molar-refractivity contribution in [1.29, 1.82) is 0 Å². The first-order valence-corrected chi connectivity index (χ1v) is 3.99. The molecule has 0 aliphatic carbocycles. The molecule has 0 amide bonds. The van der Waals surface area contributed by atoms with Crippen LogP contribution in [0.2, 0.25) is 0 Å². The zero-order chi connectivity index (χ0) is 8.97. The van der Waals surface area contributed by atoms with E-state index in [0.717, 1.165) is 5.56 Å². The lowest BCUT2D eigenvalue weighted by Crippen LogP contribution is -2.15. The standard InChI is InChI=1S/C10H13NO.H2O/c1-8-2-4-9(5-3-8)6-10(12)7-11;/h2-5H,6-7,11H2,1H3;1H2. The molecular formula is C10H15NO2. The number of carbonyl (C=O) groups is 1. The van der Waals surface area contributed by atoms with E-state index < -0.39 is 0 Å². The summed E-state index contributed by atoms with van der Waals surface area (Å²) in [4.78, 5) is 10.9. The van der Waals surface area contributed by atoms with E-state index in [-0.39, 0.29) is 17.8 Å². The van der Waals surface area contributed by atoms with Gasteiger partial charge in [-0.2, -0.15) is 0 Å². The van der Waals surface area contributed by atoms with Crippen LogP contribution < -0.4 is 5.73 Å². The Bertz CT molecular complexity index is 267. The smallest absolute Gasteiger partial charge is 0.150 e. The van der Waals surface area contributed by atoms with Crippen LogP contribution in [0.15, 0.2) is 24.3 Å². The second-order valence-corrected chi connectivity index (χ2v) is 2.91. The SMILES string of the molecule is Cc1ccc(CC(=O)CN)cc1.O. The highest BCUT2D eigenvalue weighted by atomic mass is 16.1. The Balaban J connectivity index is 0.00000144. The van der Waals surface area contributed by atoms with E-state index in [2.05, 4.69) is 0 Å². The van der Waals surface area contributed by atoms with Crippen molar-refractivity contribution >= 4 is 5.78 Å². The van der Waals surface area contributed by atoms with Crippen LogP contribution in [-0.4, -0.2) is 17.8 Å². The predicted molar refractivity (Wildman–Crippen MR) is 52.6 cm³/mol. The monoisotopic (exact) mass is 181 g/mol. The van der Waals surface area contributed by atoms with E-state index in [0.29, 0.717) is 6.42 Å². The maximum absolute atomic E-state index is 10.9. The number of carbonyl (C=O) groups excluding carboxylic acids is 1. The molecule has 0 heterocycles. The van der Waals surface area contributed by atoms with Crippen LogP contribution >= 0.6 is 0 Å². The Labute approximate surface area is 77.9 Å². The summed E-state index contributed by atoms with van der Waals surface area (Å²) < 4.78 is 0. The van der Waals surface area contributed by atoms with E-state index in [1.165, 1.54) is 5.56 Å². The van der Waals surface area contributed by atoms with E-state index in [4.69, 9.17) is 5.73 Å². The molecule has 0 unspecified atom stereocenters. The van der Waals surface area contributed by atoms with Crippen molar-refractivity contribution in [1.82, 2.24) is 0 Å². The van der Waals surface area contributed by atoms with Gasteiger partial charge in [-0.05, 0) is 12.5 Å². The number of benzene rings is 1. The first-order valence-electron chi connectivity index (χ1n) is 3.99. The van der Waals surface area contributed by atoms with Gasteiger partial charge in [-0.15, -0.1) is 0 Å². The van der Waals surface area contributed by atoms with Crippen LogP contribution in [0.1, 0.15) is 11.1 Å². The molecule has 0 aliphatic heterocycles. The molecule has 0 bridgehead atoms. The molecule has 13 heavy (non-hydrogen) atoms. The lowest BCUT2D eigenvalue weighted by Gasteiger charge is -1.98. The van der Waals surface area contributed by atoms with Gasteiger partial charge in [-0.3, -0.25) is 4.79 Å². The minimum atomic E-state index is 0. The van der Waals surface area contributed by atoms with E-state index >= 15 is 0 Å². The average Bonchev–Trinajstić information content (AvgIpc) is 2.09. The molecule has 4 N–H and O–H groups in total. The van der Waals surface area contributed by atoms with Gasteiger partial charge in [0.15, 0.2) is 5.78 Å². The van der Waals surface area contributed by atoms with Crippen molar-refractivity contribution in [3.63, 3.8) is 0 Å². The van der Waals surface area contributed by atoms with Crippen molar-refractivity contribution in [2.24, 2.45) is 5.73 Å². The van der Waals surface area contributed by atoms with Gasteiger partial charge in [-0.1, -0.05) is 29.8 Å². The van der Waals surface area contributed by atoms with Crippen molar-refractivity contribution in [3.8, 4) is 0 Å². The Morgan fingerprint density at radius 1 is 1.31 bits per heavy atom. The summed E-state index contributed by atoms with van der Waals surface area (Å²) in [6.07, 6.45) is 0.455. The minimum Gasteiger partial charge on any atom is -0.412 e. The molecule has 1 rings (SSSR count). The molecule has 0 aliphatic rings. The Hall–Kier alpha value is -1.19. The summed E-state index contributed by atoms with van der Waals surface area (Å²) in [5, 5.41) is 0. The van der Waals surface area contributed by atoms with E-state index in [1.807, 2.05) is 31.2 Å². The minimum absolute atomic E-state index is 0. The maximum atomic E-state index is 10.9. The van der Waals surface area contributed by atoms with Gasteiger partial charge in [0.05, 0.1) is 6.54 Å². The third-order valence-corrected chi connectivity index (χ3v) is 1.75. The summed E-state index contributed by atoms with van der Waals surface area (Å²) >= 11 is 0. The third kappa shape index (κ3) is 3.83. The van der Waals surface area contributed by atoms with Gasteiger partial charge < -0.3 is 11.2 Å². The fourth-order valence-electron chi connectivity index (χ4n) is 1.01. The van der Waals surface area contributed by atoms with Gasteiger partial charge >= 0.3 is 0 Å². The Morgan fingerprint density at radius 3 is 2.31 bits per heavy atom. The molecule has 1 aromatic carbocycles. The van der Waals surface area contributed by atoms with Crippen LogP contribution in [0.25, 0.3) is 0 Å². The fourth-order valence-corrected chi connectivity index (χ4v) is 1.01. The molecule has 0 fully saturated rings. The number of aryl methyl sites for hydroxylation is 1. The van der Waals surface area contributed by atoms with Gasteiger partial charge in [0.1, 0.15) is 0 Å². The second kappa shape index (κ2) is 5.45. The van der Waals surface area contributed by atoms with Gasteiger partial charge in [0.2, 0.25) is 0 Å². The fraction of sp³-hybridized carbons (Fsp3) is 0.300. The Kier molecular flexibility index (Phi) is 4.96. The van der Waals surface area contributed by atoms with Crippen molar-refractivity contribution in [2.45, 2.75) is 13.3 Å². The predicted octanol–water partition coefficient (Wildman–Crippen LogP) is 0.241. The molecule has 0 radical (unpaired) electrons. The topological polar surface area (TPSA) is 74.6 Å². The molecule has 0 spiro atoms. The van der Waals surface area contributed by atoms with Crippen LogP contribution in [0.5, 0.6) is 0 Å². The van der Waals surface area contributed by atoms with E-state index in [1.54, 1.807) is 0 Å². The molecule has 3 nitrogen and oxygen atoms in total. The Morgan fingerprint density at radius 2 is 1.85 bits per heavy atom. The summed E-state index contributed by atoms with van der Waals surface area (Å²) in [5.74, 6) is 0.0823. The average molecular weight is 181 g/mol. The zero-order valence-corrected chi connectivity index (χ0v) is 7.71. The van der Waals surface area contributed by atoms with Crippen molar-refractivity contribution in [2.75, 3.05) is 6.54 Å². The normalized spacial score (nSPS) is 9.08. The van der Waals surface area contributed by atoms with Gasteiger partial charge in [0.25, 0.3) is 0 Å². The number of Topliss-reactive ketones (excluding diaryl/α,β-unsaturated/α-hetero) is 1. The molecule has 0 saturated carbocycles. The van der Waals surface area contributed by atoms with Crippen LogP contribution in [0, 0.1) is 6.92 Å². The lowest BCUT2D eigenvalue weighted by atomic mass is 10.1. The van der Waals surface area contributed by atoms with Crippen molar-refractivity contribution in [3.05, 3.63) is 35.4 Å². The summed E-state index contributed by atoms with van der Waals surface area (Å²) in [7, 11) is 0. The molecule has 0 saturated heterocycles. The second-order valence-electron chi connectivity index (χ2n) is 2.91. The number of hydrogen-bond acceptors (Lipinski definition) is 2. The number of rotatable bonds is 3. The van der Waals surface area contributed by atoms with Crippen molar-refractivity contribution < 1.29 is 10.3 Å². The van der Waals surface area contributed by atoms with Crippen LogP contribution in [0.3, 0.4) is 0 Å². The summed E-state index contributed by atoms with van der Waals surface area (Å²) in [6.45, 7) is 2.16. The highest BCUT2D eigenvalue weighted by Crippen LogP contribution is 2.03. The molecule has 3 heteroatoms. The molecule has 72 valence electrons.